The van der Waals surface area contributed by atoms with E-state index in [0.29, 0.717) is 5.82 Å². The second-order valence-electron chi connectivity index (χ2n) is 4.26. The first-order chi connectivity index (χ1) is 10.0. The number of hydrogen-bond acceptors (Lipinski definition) is 5. The summed E-state index contributed by atoms with van der Waals surface area (Å²) in [6, 6.07) is 12.0. The van der Waals surface area contributed by atoms with Gasteiger partial charge in [-0.15, -0.1) is 0 Å². The highest BCUT2D eigenvalue weighted by Gasteiger charge is 2.10. The quantitative estimate of drug-likeness (QED) is 0.652. The van der Waals surface area contributed by atoms with Gasteiger partial charge in [0.2, 0.25) is 10.0 Å². The smallest absolute Gasteiger partial charge is 0.240 e. The van der Waals surface area contributed by atoms with Crippen molar-refractivity contribution in [3.63, 3.8) is 0 Å². The van der Waals surface area contributed by atoms with Gasteiger partial charge in [-0.2, -0.15) is 5.10 Å². The third-order valence-electron chi connectivity index (χ3n) is 2.85. The molecule has 2 rings (SSSR count). The fourth-order valence-electron chi connectivity index (χ4n) is 1.63. The fraction of sp³-hybridized carbons (Fsp3) is 0.143. The normalized spacial score (nSPS) is 12.2. The van der Waals surface area contributed by atoms with Crippen LogP contribution in [0.5, 0.6) is 0 Å². The molecule has 0 amide bonds. The first kappa shape index (κ1) is 15.1. The largest absolute Gasteiger partial charge is 0.261 e. The first-order valence-electron chi connectivity index (χ1n) is 6.28. The summed E-state index contributed by atoms with van der Waals surface area (Å²) in [7, 11) is -2.03. The molecule has 7 heteroatoms. The Hall–Kier alpha value is -2.25. The van der Waals surface area contributed by atoms with Crippen LogP contribution in [0.15, 0.2) is 58.7 Å². The van der Waals surface area contributed by atoms with E-state index in [1.807, 2.05) is 19.1 Å². The minimum Gasteiger partial charge on any atom is -0.261 e. The number of rotatable bonds is 5. The number of hydrazone groups is 1. The molecule has 0 spiro atoms. The van der Waals surface area contributed by atoms with Gasteiger partial charge < -0.3 is 0 Å². The van der Waals surface area contributed by atoms with Crippen molar-refractivity contribution in [3.05, 3.63) is 54.2 Å². The maximum absolute atomic E-state index is 11.6. The van der Waals surface area contributed by atoms with Gasteiger partial charge in [-0.05, 0) is 43.8 Å². The van der Waals surface area contributed by atoms with Gasteiger partial charge in [0.25, 0.3) is 0 Å². The van der Waals surface area contributed by atoms with E-state index in [2.05, 4.69) is 20.2 Å². The van der Waals surface area contributed by atoms with Gasteiger partial charge in [0, 0.05) is 6.20 Å². The lowest BCUT2D eigenvalue weighted by atomic mass is 10.1. The number of anilines is 1. The van der Waals surface area contributed by atoms with Crippen molar-refractivity contribution in [2.45, 2.75) is 11.8 Å². The highest BCUT2D eigenvalue weighted by molar-refractivity contribution is 7.89. The van der Waals surface area contributed by atoms with E-state index in [9.17, 15) is 8.42 Å². The molecule has 0 fully saturated rings. The summed E-state index contributed by atoms with van der Waals surface area (Å²) in [5.41, 5.74) is 4.40. The van der Waals surface area contributed by atoms with Gasteiger partial charge in [-0.3, -0.25) is 5.43 Å². The number of pyridine rings is 1. The van der Waals surface area contributed by atoms with Crippen LogP contribution in [0.2, 0.25) is 0 Å². The van der Waals surface area contributed by atoms with E-state index in [4.69, 9.17) is 0 Å². The van der Waals surface area contributed by atoms with Crippen LogP contribution in [0.1, 0.15) is 12.5 Å². The molecule has 2 aromatic rings. The molecule has 0 atom stereocenters. The lowest BCUT2D eigenvalue weighted by Crippen LogP contribution is -2.18. The van der Waals surface area contributed by atoms with Gasteiger partial charge in [-0.25, -0.2) is 18.1 Å². The zero-order valence-electron chi connectivity index (χ0n) is 11.7. The van der Waals surface area contributed by atoms with Crippen LogP contribution in [0.3, 0.4) is 0 Å². The SMILES string of the molecule is CNS(=O)(=O)c1ccc(/C(C)=N\Nc2ccccn2)cc1. The highest BCUT2D eigenvalue weighted by Crippen LogP contribution is 2.11. The minimum atomic E-state index is -3.41. The summed E-state index contributed by atoms with van der Waals surface area (Å²) < 4.78 is 25.5. The maximum Gasteiger partial charge on any atom is 0.240 e. The van der Waals surface area contributed by atoms with Crippen molar-refractivity contribution < 1.29 is 8.42 Å². The lowest BCUT2D eigenvalue weighted by molar-refractivity contribution is 0.588. The average Bonchev–Trinajstić information content (AvgIpc) is 2.53. The molecule has 0 saturated heterocycles. The summed E-state index contributed by atoms with van der Waals surface area (Å²) in [6.07, 6.45) is 1.67. The van der Waals surface area contributed by atoms with E-state index >= 15 is 0 Å². The average molecular weight is 304 g/mol. The second kappa shape index (κ2) is 6.47. The van der Waals surface area contributed by atoms with Gasteiger partial charge in [0.15, 0.2) is 0 Å². The van der Waals surface area contributed by atoms with Crippen molar-refractivity contribution in [3.8, 4) is 0 Å². The summed E-state index contributed by atoms with van der Waals surface area (Å²) in [5.74, 6) is 0.645. The highest BCUT2D eigenvalue weighted by atomic mass is 32.2. The second-order valence-corrected chi connectivity index (χ2v) is 6.14. The Morgan fingerprint density at radius 1 is 1.14 bits per heavy atom. The van der Waals surface area contributed by atoms with Crippen LogP contribution >= 0.6 is 0 Å². The molecule has 0 saturated carbocycles. The molecule has 110 valence electrons. The van der Waals surface area contributed by atoms with Crippen LogP contribution in [0.25, 0.3) is 0 Å². The maximum atomic E-state index is 11.6. The standard InChI is InChI=1S/C14H16N4O2S/c1-11(17-18-14-5-3-4-10-16-14)12-6-8-13(9-7-12)21(19,20)15-2/h3-10,15H,1-2H3,(H,16,18)/b17-11-. The molecule has 21 heavy (non-hydrogen) atoms. The Kier molecular flexibility index (Phi) is 4.66. The number of benzene rings is 1. The van der Waals surface area contributed by atoms with Crippen LogP contribution in [-0.2, 0) is 10.0 Å². The third kappa shape index (κ3) is 3.87. The third-order valence-corrected chi connectivity index (χ3v) is 4.28. The Morgan fingerprint density at radius 2 is 1.86 bits per heavy atom. The Balaban J connectivity index is 2.15. The summed E-state index contributed by atoms with van der Waals surface area (Å²) >= 11 is 0. The van der Waals surface area contributed by atoms with Crippen LogP contribution in [0.4, 0.5) is 5.82 Å². The van der Waals surface area contributed by atoms with Crippen molar-refractivity contribution in [2.75, 3.05) is 12.5 Å². The van der Waals surface area contributed by atoms with Crippen LogP contribution in [-0.4, -0.2) is 26.2 Å². The monoisotopic (exact) mass is 304 g/mol. The van der Waals surface area contributed by atoms with Gasteiger partial charge in [0.1, 0.15) is 5.82 Å². The zero-order chi connectivity index (χ0) is 15.3. The Morgan fingerprint density at radius 3 is 2.43 bits per heavy atom. The number of nitrogens with one attached hydrogen (secondary N) is 2. The van der Waals surface area contributed by atoms with E-state index in [0.717, 1.165) is 11.3 Å². The number of hydrogen-bond donors (Lipinski definition) is 2. The molecule has 2 N–H and O–H groups in total. The summed E-state index contributed by atoms with van der Waals surface area (Å²) in [6.45, 7) is 1.83. The number of sulfonamides is 1. The molecular weight excluding hydrogens is 288 g/mol. The summed E-state index contributed by atoms with van der Waals surface area (Å²) in [5, 5.41) is 4.22. The Labute approximate surface area is 124 Å². The molecular formula is C14H16N4O2S. The first-order valence-corrected chi connectivity index (χ1v) is 7.76. The van der Waals surface area contributed by atoms with E-state index in [1.54, 1.807) is 36.5 Å². The van der Waals surface area contributed by atoms with E-state index < -0.39 is 10.0 Å². The molecule has 0 radical (unpaired) electrons. The molecule has 0 aliphatic rings. The van der Waals surface area contributed by atoms with Crippen LogP contribution < -0.4 is 10.1 Å². The van der Waals surface area contributed by atoms with Crippen molar-refractivity contribution >= 4 is 21.6 Å². The van der Waals surface area contributed by atoms with Crippen molar-refractivity contribution in [1.29, 1.82) is 0 Å². The molecule has 0 unspecified atom stereocenters. The molecule has 1 aromatic carbocycles. The fourth-order valence-corrected chi connectivity index (χ4v) is 2.36. The predicted octanol–water partition coefficient (Wildman–Crippen LogP) is 1.83. The zero-order valence-corrected chi connectivity index (χ0v) is 12.6. The number of aromatic nitrogens is 1. The van der Waals surface area contributed by atoms with Crippen LogP contribution in [0, 0.1) is 0 Å². The minimum absolute atomic E-state index is 0.222. The summed E-state index contributed by atoms with van der Waals surface area (Å²) in [4.78, 5) is 4.32. The van der Waals surface area contributed by atoms with Gasteiger partial charge in [0.05, 0.1) is 10.6 Å². The Bertz CT molecular complexity index is 725. The topological polar surface area (TPSA) is 83.5 Å². The molecule has 1 heterocycles. The molecule has 0 aliphatic carbocycles. The van der Waals surface area contributed by atoms with E-state index in [1.165, 1.54) is 7.05 Å². The molecule has 0 bridgehead atoms. The van der Waals surface area contributed by atoms with Crippen molar-refractivity contribution in [2.24, 2.45) is 5.10 Å². The molecule has 6 nitrogen and oxygen atoms in total. The molecule has 1 aromatic heterocycles. The van der Waals surface area contributed by atoms with Crippen molar-refractivity contribution in [1.82, 2.24) is 9.71 Å². The number of nitrogens with zero attached hydrogens (tertiary/aromatic N) is 2. The lowest BCUT2D eigenvalue weighted by Gasteiger charge is -2.05. The molecule has 0 aliphatic heterocycles. The van der Waals surface area contributed by atoms with Gasteiger partial charge >= 0.3 is 0 Å². The van der Waals surface area contributed by atoms with E-state index in [-0.39, 0.29) is 4.90 Å². The van der Waals surface area contributed by atoms with Gasteiger partial charge in [-0.1, -0.05) is 18.2 Å². The predicted molar refractivity (Wildman–Crippen MR) is 82.8 cm³/mol.